The summed E-state index contributed by atoms with van der Waals surface area (Å²) in [5, 5.41) is 11.1. The van der Waals surface area contributed by atoms with Crippen molar-refractivity contribution >= 4 is 17.5 Å². The van der Waals surface area contributed by atoms with E-state index in [0.29, 0.717) is 24.3 Å². The lowest BCUT2D eigenvalue weighted by atomic mass is 10.2. The number of hydrogen-bond acceptors (Lipinski definition) is 4. The second-order valence-electron chi connectivity index (χ2n) is 6.14. The van der Waals surface area contributed by atoms with Crippen molar-refractivity contribution in [2.24, 2.45) is 0 Å². The maximum absolute atomic E-state index is 12.3. The number of likely N-dealkylation sites (N-methyl/N-ethyl adjacent to an activating group) is 1. The SMILES string of the molecule is C=CC(=O)N(C)c1ccc(C(=O)NCCn2cc(-c3ccccc3)nn2)cc1. The molecule has 1 N–H and O–H groups in total. The van der Waals surface area contributed by atoms with Crippen LogP contribution in [0.5, 0.6) is 0 Å². The monoisotopic (exact) mass is 375 g/mol. The van der Waals surface area contributed by atoms with Crippen LogP contribution in [-0.4, -0.2) is 40.4 Å². The van der Waals surface area contributed by atoms with Gasteiger partial charge in [0.2, 0.25) is 5.91 Å². The van der Waals surface area contributed by atoms with Gasteiger partial charge >= 0.3 is 0 Å². The van der Waals surface area contributed by atoms with Crippen molar-refractivity contribution in [1.82, 2.24) is 20.3 Å². The molecule has 0 aliphatic rings. The minimum atomic E-state index is -0.208. The molecule has 1 aromatic heterocycles. The summed E-state index contributed by atoms with van der Waals surface area (Å²) in [6, 6.07) is 16.6. The molecular formula is C21H21N5O2. The summed E-state index contributed by atoms with van der Waals surface area (Å²) in [6.07, 6.45) is 3.09. The van der Waals surface area contributed by atoms with Gasteiger partial charge in [-0.15, -0.1) is 5.10 Å². The smallest absolute Gasteiger partial charge is 0.251 e. The quantitative estimate of drug-likeness (QED) is 0.644. The number of hydrogen-bond donors (Lipinski definition) is 1. The summed E-state index contributed by atoms with van der Waals surface area (Å²) in [5.74, 6) is -0.396. The number of nitrogens with one attached hydrogen (secondary N) is 1. The van der Waals surface area contributed by atoms with Crippen molar-refractivity contribution in [3.8, 4) is 11.3 Å². The number of benzene rings is 2. The van der Waals surface area contributed by atoms with Crippen molar-refractivity contribution in [1.29, 1.82) is 0 Å². The van der Waals surface area contributed by atoms with Crippen LogP contribution in [0, 0.1) is 0 Å². The second kappa shape index (κ2) is 8.77. The van der Waals surface area contributed by atoms with Crippen LogP contribution in [0.2, 0.25) is 0 Å². The van der Waals surface area contributed by atoms with Crippen molar-refractivity contribution < 1.29 is 9.59 Å². The molecule has 0 saturated carbocycles. The lowest BCUT2D eigenvalue weighted by Crippen LogP contribution is -2.27. The molecule has 142 valence electrons. The second-order valence-corrected chi connectivity index (χ2v) is 6.14. The Kier molecular flexibility index (Phi) is 5.96. The van der Waals surface area contributed by atoms with Crippen LogP contribution < -0.4 is 10.2 Å². The molecule has 0 bridgehead atoms. The maximum atomic E-state index is 12.3. The van der Waals surface area contributed by atoms with E-state index in [1.165, 1.54) is 11.0 Å². The molecule has 3 rings (SSSR count). The van der Waals surface area contributed by atoms with Crippen molar-refractivity contribution in [2.45, 2.75) is 6.54 Å². The van der Waals surface area contributed by atoms with Gasteiger partial charge in [0.1, 0.15) is 5.69 Å². The first kappa shape index (κ1) is 19.0. The molecule has 7 nitrogen and oxygen atoms in total. The minimum Gasteiger partial charge on any atom is -0.350 e. The molecule has 0 unspecified atom stereocenters. The average molecular weight is 375 g/mol. The first-order valence-electron chi connectivity index (χ1n) is 8.82. The Morgan fingerprint density at radius 2 is 1.86 bits per heavy atom. The summed E-state index contributed by atoms with van der Waals surface area (Å²) in [7, 11) is 1.65. The third-order valence-electron chi connectivity index (χ3n) is 4.26. The van der Waals surface area contributed by atoms with E-state index in [-0.39, 0.29) is 11.8 Å². The van der Waals surface area contributed by atoms with Crippen LogP contribution in [0.1, 0.15) is 10.4 Å². The fourth-order valence-electron chi connectivity index (χ4n) is 2.64. The average Bonchev–Trinajstić information content (AvgIpc) is 3.22. The highest BCUT2D eigenvalue weighted by Gasteiger charge is 2.10. The van der Waals surface area contributed by atoms with Crippen molar-refractivity contribution in [3.63, 3.8) is 0 Å². The molecule has 1 heterocycles. The number of rotatable bonds is 7. The van der Waals surface area contributed by atoms with Gasteiger partial charge in [0.25, 0.3) is 5.91 Å². The third kappa shape index (κ3) is 4.50. The Bertz CT molecular complexity index is 964. The highest BCUT2D eigenvalue weighted by molar-refractivity contribution is 6.01. The lowest BCUT2D eigenvalue weighted by molar-refractivity contribution is -0.113. The number of carbonyl (C=O) groups excluding carboxylic acids is 2. The summed E-state index contributed by atoms with van der Waals surface area (Å²) >= 11 is 0. The molecule has 0 spiro atoms. The zero-order valence-corrected chi connectivity index (χ0v) is 15.6. The predicted molar refractivity (Wildman–Crippen MR) is 108 cm³/mol. The van der Waals surface area contributed by atoms with Gasteiger partial charge < -0.3 is 10.2 Å². The number of aromatic nitrogens is 3. The van der Waals surface area contributed by atoms with Gasteiger partial charge in [-0.05, 0) is 30.3 Å². The summed E-state index contributed by atoms with van der Waals surface area (Å²) in [4.78, 5) is 25.4. The maximum Gasteiger partial charge on any atom is 0.251 e. The Labute approximate surface area is 163 Å². The Morgan fingerprint density at radius 1 is 1.14 bits per heavy atom. The van der Waals surface area contributed by atoms with E-state index in [2.05, 4.69) is 22.2 Å². The van der Waals surface area contributed by atoms with Gasteiger partial charge in [-0.25, -0.2) is 0 Å². The zero-order valence-electron chi connectivity index (χ0n) is 15.6. The van der Waals surface area contributed by atoms with Crippen LogP contribution in [0.4, 0.5) is 5.69 Å². The van der Waals surface area contributed by atoms with Crippen LogP contribution in [0.25, 0.3) is 11.3 Å². The van der Waals surface area contributed by atoms with Gasteiger partial charge in [-0.2, -0.15) is 0 Å². The Hall–Kier alpha value is -3.74. The fraction of sp³-hybridized carbons (Fsp3) is 0.143. The van der Waals surface area contributed by atoms with Gasteiger partial charge in [0.05, 0.1) is 12.7 Å². The van der Waals surface area contributed by atoms with Crippen LogP contribution in [-0.2, 0) is 11.3 Å². The van der Waals surface area contributed by atoms with Gasteiger partial charge in [-0.3, -0.25) is 14.3 Å². The third-order valence-corrected chi connectivity index (χ3v) is 4.26. The van der Waals surface area contributed by atoms with E-state index in [4.69, 9.17) is 0 Å². The summed E-state index contributed by atoms with van der Waals surface area (Å²) in [6.45, 7) is 4.40. The number of carbonyl (C=O) groups is 2. The number of amides is 2. The predicted octanol–water partition coefficient (Wildman–Crippen LogP) is 2.52. The van der Waals surface area contributed by atoms with E-state index >= 15 is 0 Å². The van der Waals surface area contributed by atoms with Gasteiger partial charge in [-0.1, -0.05) is 42.1 Å². The summed E-state index contributed by atoms with van der Waals surface area (Å²) in [5.41, 5.74) is 3.00. The van der Waals surface area contributed by atoms with E-state index in [1.54, 1.807) is 36.0 Å². The van der Waals surface area contributed by atoms with Gasteiger partial charge in [0, 0.05) is 30.4 Å². The van der Waals surface area contributed by atoms with Crippen LogP contribution >= 0.6 is 0 Å². The van der Waals surface area contributed by atoms with Crippen LogP contribution in [0.3, 0.4) is 0 Å². The largest absolute Gasteiger partial charge is 0.350 e. The molecule has 2 aromatic carbocycles. The van der Waals surface area contributed by atoms with E-state index in [1.807, 2.05) is 36.5 Å². The first-order chi connectivity index (χ1) is 13.6. The lowest BCUT2D eigenvalue weighted by Gasteiger charge is -2.15. The van der Waals surface area contributed by atoms with E-state index < -0.39 is 0 Å². The number of anilines is 1. The number of nitrogens with zero attached hydrogens (tertiary/aromatic N) is 4. The summed E-state index contributed by atoms with van der Waals surface area (Å²) < 4.78 is 1.70. The molecule has 0 aliphatic heterocycles. The minimum absolute atomic E-state index is 0.187. The molecule has 2 amide bonds. The zero-order chi connectivity index (χ0) is 19.9. The first-order valence-corrected chi connectivity index (χ1v) is 8.82. The molecule has 3 aromatic rings. The van der Waals surface area contributed by atoms with E-state index in [0.717, 1.165) is 11.3 Å². The Morgan fingerprint density at radius 3 is 2.54 bits per heavy atom. The highest BCUT2D eigenvalue weighted by Crippen LogP contribution is 2.15. The van der Waals surface area contributed by atoms with Crippen molar-refractivity contribution in [2.75, 3.05) is 18.5 Å². The normalized spacial score (nSPS) is 10.3. The molecule has 0 atom stereocenters. The molecule has 0 saturated heterocycles. The van der Waals surface area contributed by atoms with Gasteiger partial charge in [0.15, 0.2) is 0 Å². The molecule has 7 heteroatoms. The highest BCUT2D eigenvalue weighted by atomic mass is 16.2. The molecule has 0 fully saturated rings. The topological polar surface area (TPSA) is 80.1 Å². The molecular weight excluding hydrogens is 354 g/mol. The van der Waals surface area contributed by atoms with Crippen molar-refractivity contribution in [3.05, 3.63) is 79.0 Å². The molecule has 0 aliphatic carbocycles. The molecule has 28 heavy (non-hydrogen) atoms. The van der Waals surface area contributed by atoms with E-state index in [9.17, 15) is 9.59 Å². The molecule has 0 radical (unpaired) electrons. The Balaban J connectivity index is 1.53. The van der Waals surface area contributed by atoms with Crippen LogP contribution in [0.15, 0.2) is 73.4 Å². The standard InChI is InChI=1S/C21H21N5O2/c1-3-20(27)25(2)18-11-9-17(10-12-18)21(28)22-13-14-26-15-19(23-24-26)16-7-5-4-6-8-16/h3-12,15H,1,13-14H2,2H3,(H,22,28). The fourth-order valence-corrected chi connectivity index (χ4v) is 2.64.